The van der Waals surface area contributed by atoms with Gasteiger partial charge in [-0.1, -0.05) is 6.07 Å². The van der Waals surface area contributed by atoms with Gasteiger partial charge in [-0.05, 0) is 17.6 Å². The maximum atomic E-state index is 9.11. The van der Waals surface area contributed by atoms with Crippen LogP contribution in [0.5, 0.6) is 5.75 Å². The molecule has 0 radical (unpaired) electrons. The first kappa shape index (κ1) is 15.1. The van der Waals surface area contributed by atoms with Gasteiger partial charge in [0.05, 0.1) is 26.0 Å². The number of rotatable bonds is 3. The Morgan fingerprint density at radius 2 is 1.94 bits per heavy atom. The molecule has 0 unspecified atom stereocenters. The molecule has 100 valence electrons. The van der Waals surface area contributed by atoms with Gasteiger partial charge in [-0.3, -0.25) is 0 Å². The minimum atomic E-state index is -1.47. The van der Waals surface area contributed by atoms with E-state index >= 15 is 0 Å². The van der Waals surface area contributed by atoms with Gasteiger partial charge in [-0.2, -0.15) is 0 Å². The maximum Gasteiger partial charge on any atom is 0.488 e. The van der Waals surface area contributed by atoms with E-state index in [1.807, 2.05) is 6.07 Å². The molecule has 1 aromatic carbocycles. The second-order valence-electron chi connectivity index (χ2n) is 3.90. The van der Waals surface area contributed by atoms with Crippen molar-refractivity contribution in [1.82, 2.24) is 0 Å². The number of halogens is 1. The summed E-state index contributed by atoms with van der Waals surface area (Å²) in [5.74, 6) is 0.650. The van der Waals surface area contributed by atoms with Crippen LogP contribution in [0.1, 0.15) is 0 Å². The van der Waals surface area contributed by atoms with Crippen LogP contribution in [0.15, 0.2) is 18.2 Å². The van der Waals surface area contributed by atoms with Crippen molar-refractivity contribution in [3.8, 4) is 5.75 Å². The number of methoxy groups -OCH3 is 1. The lowest BCUT2D eigenvalue weighted by atomic mass is 9.80. The predicted molar refractivity (Wildman–Crippen MR) is 73.1 cm³/mol. The zero-order valence-electron chi connectivity index (χ0n) is 10.2. The third-order valence-corrected chi connectivity index (χ3v) is 2.85. The fourth-order valence-corrected chi connectivity index (χ4v) is 1.92. The first-order valence-electron chi connectivity index (χ1n) is 5.59. The quantitative estimate of drug-likeness (QED) is 0.736. The van der Waals surface area contributed by atoms with E-state index in [0.717, 1.165) is 18.8 Å². The van der Waals surface area contributed by atoms with Gasteiger partial charge in [0.1, 0.15) is 5.75 Å². The molecule has 0 saturated carbocycles. The molecule has 2 rings (SSSR count). The van der Waals surface area contributed by atoms with Crippen molar-refractivity contribution in [2.75, 3.05) is 38.3 Å². The minimum Gasteiger partial charge on any atom is -0.495 e. The first-order chi connectivity index (χ1) is 8.22. The molecule has 1 fully saturated rings. The second kappa shape index (κ2) is 6.85. The van der Waals surface area contributed by atoms with Crippen LogP contribution in [0.25, 0.3) is 0 Å². The van der Waals surface area contributed by atoms with E-state index in [1.54, 1.807) is 19.2 Å². The van der Waals surface area contributed by atoms with Crippen molar-refractivity contribution in [2.45, 2.75) is 0 Å². The summed E-state index contributed by atoms with van der Waals surface area (Å²) in [6.45, 7) is 3.04. The predicted octanol–water partition coefficient (Wildman–Crippen LogP) is -0.367. The Morgan fingerprint density at radius 3 is 2.50 bits per heavy atom. The summed E-state index contributed by atoms with van der Waals surface area (Å²) in [5, 5.41) is 18.2. The number of anilines is 1. The SMILES string of the molecule is COc1cc(B(O)O)ccc1N1CCOCC1.Cl. The summed E-state index contributed by atoms with van der Waals surface area (Å²) < 4.78 is 10.6. The normalized spacial score (nSPS) is 14.9. The highest BCUT2D eigenvalue weighted by atomic mass is 35.5. The Morgan fingerprint density at radius 1 is 1.28 bits per heavy atom. The number of hydrogen-bond donors (Lipinski definition) is 2. The molecule has 0 spiro atoms. The van der Waals surface area contributed by atoms with Gasteiger partial charge in [-0.15, -0.1) is 12.4 Å². The van der Waals surface area contributed by atoms with Crippen molar-refractivity contribution in [3.05, 3.63) is 18.2 Å². The topological polar surface area (TPSA) is 62.2 Å². The van der Waals surface area contributed by atoms with E-state index in [1.165, 1.54) is 0 Å². The number of ether oxygens (including phenoxy) is 2. The number of morpholine rings is 1. The van der Waals surface area contributed by atoms with E-state index in [2.05, 4.69) is 4.90 Å². The first-order valence-corrected chi connectivity index (χ1v) is 5.59. The molecule has 0 atom stereocenters. The van der Waals surface area contributed by atoms with Gasteiger partial charge in [0, 0.05) is 13.1 Å². The molecule has 1 aromatic rings. The molecule has 1 aliphatic rings. The van der Waals surface area contributed by atoms with Crippen molar-refractivity contribution < 1.29 is 19.5 Å². The summed E-state index contributed by atoms with van der Waals surface area (Å²) in [4.78, 5) is 2.16. The van der Waals surface area contributed by atoms with Crippen LogP contribution in [0.3, 0.4) is 0 Å². The molecule has 0 aliphatic carbocycles. The van der Waals surface area contributed by atoms with Crippen LogP contribution in [0.4, 0.5) is 5.69 Å². The minimum absolute atomic E-state index is 0. The molecular formula is C11H17BClNO4. The van der Waals surface area contributed by atoms with E-state index < -0.39 is 7.12 Å². The Bertz CT molecular complexity index is 385. The molecule has 1 saturated heterocycles. The fraction of sp³-hybridized carbons (Fsp3) is 0.455. The van der Waals surface area contributed by atoms with Gasteiger partial charge in [0.25, 0.3) is 0 Å². The van der Waals surface area contributed by atoms with Crippen molar-refractivity contribution in [1.29, 1.82) is 0 Å². The van der Waals surface area contributed by atoms with Crippen LogP contribution in [-0.2, 0) is 4.74 Å². The molecule has 2 N–H and O–H groups in total. The molecule has 0 aromatic heterocycles. The van der Waals surface area contributed by atoms with E-state index in [-0.39, 0.29) is 12.4 Å². The van der Waals surface area contributed by atoms with Crippen LogP contribution in [0.2, 0.25) is 0 Å². The highest BCUT2D eigenvalue weighted by molar-refractivity contribution is 6.58. The summed E-state index contributed by atoms with van der Waals surface area (Å²) in [5.41, 5.74) is 1.39. The third kappa shape index (κ3) is 3.29. The van der Waals surface area contributed by atoms with Crippen molar-refractivity contribution in [2.24, 2.45) is 0 Å². The molecule has 18 heavy (non-hydrogen) atoms. The molecule has 1 heterocycles. The molecule has 5 nitrogen and oxygen atoms in total. The van der Waals surface area contributed by atoms with E-state index in [4.69, 9.17) is 19.5 Å². The monoisotopic (exact) mass is 273 g/mol. The van der Waals surface area contributed by atoms with E-state index in [0.29, 0.717) is 24.4 Å². The largest absolute Gasteiger partial charge is 0.495 e. The number of nitrogens with zero attached hydrogens (tertiary/aromatic N) is 1. The van der Waals surface area contributed by atoms with Crippen LogP contribution >= 0.6 is 12.4 Å². The smallest absolute Gasteiger partial charge is 0.488 e. The molecular weight excluding hydrogens is 256 g/mol. The van der Waals surface area contributed by atoms with Crippen molar-refractivity contribution >= 4 is 30.7 Å². The lowest BCUT2D eigenvalue weighted by molar-refractivity contribution is 0.122. The van der Waals surface area contributed by atoms with Gasteiger partial charge >= 0.3 is 7.12 Å². The van der Waals surface area contributed by atoms with E-state index in [9.17, 15) is 0 Å². The lowest BCUT2D eigenvalue weighted by Gasteiger charge is -2.30. The number of benzene rings is 1. The molecule has 0 amide bonds. The summed E-state index contributed by atoms with van der Waals surface area (Å²) in [7, 11) is 0.106. The highest BCUT2D eigenvalue weighted by Gasteiger charge is 2.18. The summed E-state index contributed by atoms with van der Waals surface area (Å²) >= 11 is 0. The standard InChI is InChI=1S/C11H16BNO4.ClH/c1-16-11-8-9(12(14)15)2-3-10(11)13-4-6-17-7-5-13;/h2-3,8,14-15H,4-7H2,1H3;1H. The zero-order chi connectivity index (χ0) is 12.3. The second-order valence-corrected chi connectivity index (χ2v) is 3.90. The average molecular weight is 274 g/mol. The Kier molecular flexibility index (Phi) is 5.75. The Hall–Kier alpha value is -0.945. The lowest BCUT2D eigenvalue weighted by Crippen LogP contribution is -2.37. The summed E-state index contributed by atoms with van der Waals surface area (Å²) in [6, 6.07) is 5.19. The Balaban J connectivity index is 0.00000162. The van der Waals surface area contributed by atoms with Gasteiger partial charge < -0.3 is 24.4 Å². The fourth-order valence-electron chi connectivity index (χ4n) is 1.92. The number of hydrogen-bond acceptors (Lipinski definition) is 5. The van der Waals surface area contributed by atoms with Crippen LogP contribution < -0.4 is 15.1 Å². The maximum absolute atomic E-state index is 9.11. The van der Waals surface area contributed by atoms with Crippen LogP contribution in [-0.4, -0.2) is 50.6 Å². The third-order valence-electron chi connectivity index (χ3n) is 2.85. The van der Waals surface area contributed by atoms with Crippen molar-refractivity contribution in [3.63, 3.8) is 0 Å². The van der Waals surface area contributed by atoms with Gasteiger partial charge in [-0.25, -0.2) is 0 Å². The average Bonchev–Trinajstić information content (AvgIpc) is 2.39. The molecule has 1 aliphatic heterocycles. The van der Waals surface area contributed by atoms with Gasteiger partial charge in [0.2, 0.25) is 0 Å². The molecule has 7 heteroatoms. The summed E-state index contributed by atoms with van der Waals surface area (Å²) in [6.07, 6.45) is 0. The van der Waals surface area contributed by atoms with Gasteiger partial charge in [0.15, 0.2) is 0 Å². The zero-order valence-corrected chi connectivity index (χ0v) is 11.0. The molecule has 0 bridgehead atoms. The Labute approximate surface area is 113 Å². The highest BCUT2D eigenvalue weighted by Crippen LogP contribution is 2.27. The van der Waals surface area contributed by atoms with Crippen LogP contribution in [0, 0.1) is 0 Å².